The predicted octanol–water partition coefficient (Wildman–Crippen LogP) is 4.92. The van der Waals surface area contributed by atoms with Crippen LogP contribution in [0.25, 0.3) is 22.6 Å². The van der Waals surface area contributed by atoms with Gasteiger partial charge in [0.1, 0.15) is 5.69 Å². The third kappa shape index (κ3) is 5.25. The first kappa shape index (κ1) is 22.5. The highest BCUT2D eigenvalue weighted by atomic mass is 16.6. The number of pyridine rings is 1. The molecule has 2 aromatic heterocycles. The van der Waals surface area contributed by atoms with Crippen LogP contribution in [0.15, 0.2) is 83.6 Å². The number of aromatic nitrogens is 2. The van der Waals surface area contributed by atoms with Crippen LogP contribution in [0, 0.1) is 0 Å². The van der Waals surface area contributed by atoms with Crippen molar-refractivity contribution < 1.29 is 9.26 Å². The van der Waals surface area contributed by atoms with E-state index in [0.717, 1.165) is 47.7 Å². The second-order valence-electron chi connectivity index (χ2n) is 9.06. The standard InChI is InChI=1S/C28H30N4O2/c1-20(2)31-28(19-33-28)25-7-3-6-24(15-25)26-16-27(34-32-26)23-10-8-22(9-11-23)18-30-14-12-21-5-4-13-29-17-21/h3-11,13,15-17,20,30-31H,12,14,18-19H2,1-2H3. The lowest BCUT2D eigenvalue weighted by Crippen LogP contribution is -2.36. The predicted molar refractivity (Wildman–Crippen MR) is 133 cm³/mol. The van der Waals surface area contributed by atoms with Gasteiger partial charge in [0.2, 0.25) is 0 Å². The lowest BCUT2D eigenvalue weighted by atomic mass is 10.0. The Morgan fingerprint density at radius 2 is 1.82 bits per heavy atom. The molecule has 1 aliphatic rings. The number of nitrogens with zero attached hydrogens (tertiary/aromatic N) is 2. The maximum Gasteiger partial charge on any atom is 0.169 e. The Labute approximate surface area is 200 Å². The zero-order valence-corrected chi connectivity index (χ0v) is 19.6. The molecule has 0 bridgehead atoms. The van der Waals surface area contributed by atoms with Crippen molar-refractivity contribution >= 4 is 0 Å². The molecule has 1 aliphatic heterocycles. The topological polar surface area (TPSA) is 75.5 Å². The fourth-order valence-corrected chi connectivity index (χ4v) is 4.15. The Kier molecular flexibility index (Phi) is 6.54. The highest BCUT2D eigenvalue weighted by Gasteiger charge is 2.46. The largest absolute Gasteiger partial charge is 0.356 e. The van der Waals surface area contributed by atoms with Crippen LogP contribution in [0.1, 0.15) is 30.5 Å². The Bertz CT molecular complexity index is 1210. The van der Waals surface area contributed by atoms with Gasteiger partial charge >= 0.3 is 0 Å². The van der Waals surface area contributed by atoms with Crippen LogP contribution in [0.4, 0.5) is 0 Å². The molecule has 5 rings (SSSR count). The van der Waals surface area contributed by atoms with E-state index in [0.29, 0.717) is 12.6 Å². The SMILES string of the molecule is CC(C)NC1(c2cccc(-c3cc(-c4ccc(CNCCc5cccnc5)cc4)on3)c2)CO1. The Balaban J connectivity index is 1.21. The van der Waals surface area contributed by atoms with Gasteiger partial charge in [0, 0.05) is 47.7 Å². The van der Waals surface area contributed by atoms with Gasteiger partial charge in [-0.25, -0.2) is 0 Å². The Hall–Kier alpha value is -3.32. The summed E-state index contributed by atoms with van der Waals surface area (Å²) in [5, 5.41) is 11.3. The maximum atomic E-state index is 5.76. The van der Waals surface area contributed by atoms with Crippen LogP contribution in [0.5, 0.6) is 0 Å². The highest BCUT2D eigenvalue weighted by molar-refractivity contribution is 5.67. The van der Waals surface area contributed by atoms with Gasteiger partial charge in [-0.05, 0) is 50.1 Å². The van der Waals surface area contributed by atoms with E-state index in [1.54, 1.807) is 6.20 Å². The molecule has 1 saturated heterocycles. The number of ether oxygens (including phenoxy) is 1. The molecule has 34 heavy (non-hydrogen) atoms. The van der Waals surface area contributed by atoms with Crippen molar-refractivity contribution in [2.45, 2.75) is 38.6 Å². The molecule has 4 aromatic rings. The number of epoxide rings is 1. The molecule has 0 radical (unpaired) electrons. The summed E-state index contributed by atoms with van der Waals surface area (Å²) in [6, 6.07) is 23.1. The minimum absolute atomic E-state index is 0.337. The van der Waals surface area contributed by atoms with Crippen LogP contribution < -0.4 is 10.6 Å². The molecule has 174 valence electrons. The Morgan fingerprint density at radius 1 is 0.971 bits per heavy atom. The molecule has 3 heterocycles. The number of hydrogen-bond donors (Lipinski definition) is 2. The number of benzene rings is 2. The third-order valence-corrected chi connectivity index (χ3v) is 5.97. The van der Waals surface area contributed by atoms with E-state index < -0.39 is 0 Å². The van der Waals surface area contributed by atoms with Gasteiger partial charge in [0.05, 0.1) is 6.61 Å². The molecule has 2 aromatic carbocycles. The first-order chi connectivity index (χ1) is 16.6. The smallest absolute Gasteiger partial charge is 0.169 e. The van der Waals surface area contributed by atoms with Crippen LogP contribution in [0.3, 0.4) is 0 Å². The van der Waals surface area contributed by atoms with Crippen molar-refractivity contribution in [2.24, 2.45) is 0 Å². The van der Waals surface area contributed by atoms with Crippen LogP contribution >= 0.6 is 0 Å². The van der Waals surface area contributed by atoms with Gasteiger partial charge in [0.25, 0.3) is 0 Å². The number of rotatable bonds is 10. The van der Waals surface area contributed by atoms with Gasteiger partial charge in [-0.2, -0.15) is 0 Å². The molecule has 1 atom stereocenters. The molecular formula is C28H30N4O2. The summed E-state index contributed by atoms with van der Waals surface area (Å²) in [4.78, 5) is 4.16. The monoisotopic (exact) mass is 454 g/mol. The molecule has 0 spiro atoms. The molecule has 6 heteroatoms. The molecule has 2 N–H and O–H groups in total. The van der Waals surface area contributed by atoms with E-state index in [1.165, 1.54) is 11.1 Å². The minimum atomic E-state index is -0.376. The number of nitrogens with one attached hydrogen (secondary N) is 2. The molecule has 6 nitrogen and oxygen atoms in total. The van der Waals surface area contributed by atoms with Crippen molar-refractivity contribution in [1.29, 1.82) is 0 Å². The van der Waals surface area contributed by atoms with E-state index in [2.05, 4.69) is 83.2 Å². The summed E-state index contributed by atoms with van der Waals surface area (Å²) in [5.74, 6) is 0.759. The fourth-order valence-electron chi connectivity index (χ4n) is 4.15. The summed E-state index contributed by atoms with van der Waals surface area (Å²) >= 11 is 0. The zero-order valence-electron chi connectivity index (χ0n) is 19.6. The minimum Gasteiger partial charge on any atom is -0.356 e. The van der Waals surface area contributed by atoms with Crippen molar-refractivity contribution in [2.75, 3.05) is 13.2 Å². The normalized spacial score (nSPS) is 17.3. The van der Waals surface area contributed by atoms with E-state index in [-0.39, 0.29) is 5.72 Å². The zero-order chi connectivity index (χ0) is 23.4. The lowest BCUT2D eigenvalue weighted by molar-refractivity contribution is 0.243. The van der Waals surface area contributed by atoms with E-state index in [9.17, 15) is 0 Å². The lowest BCUT2D eigenvalue weighted by Gasteiger charge is -2.17. The van der Waals surface area contributed by atoms with E-state index >= 15 is 0 Å². The summed E-state index contributed by atoms with van der Waals surface area (Å²) < 4.78 is 11.4. The molecule has 1 unspecified atom stereocenters. The molecular weight excluding hydrogens is 424 g/mol. The maximum absolute atomic E-state index is 5.76. The average molecular weight is 455 g/mol. The highest BCUT2D eigenvalue weighted by Crippen LogP contribution is 2.38. The molecule has 0 aliphatic carbocycles. The summed E-state index contributed by atoms with van der Waals surface area (Å²) in [6.07, 6.45) is 4.68. The van der Waals surface area contributed by atoms with Crippen molar-refractivity contribution in [3.8, 4) is 22.6 Å². The van der Waals surface area contributed by atoms with Gasteiger partial charge in [0.15, 0.2) is 11.5 Å². The van der Waals surface area contributed by atoms with Crippen LogP contribution in [0.2, 0.25) is 0 Å². The van der Waals surface area contributed by atoms with Gasteiger partial charge < -0.3 is 14.6 Å². The third-order valence-electron chi connectivity index (χ3n) is 5.97. The van der Waals surface area contributed by atoms with Gasteiger partial charge in [-0.1, -0.05) is 53.7 Å². The second kappa shape index (κ2) is 9.89. The summed E-state index contributed by atoms with van der Waals surface area (Å²) in [6.45, 7) is 6.67. The van der Waals surface area contributed by atoms with E-state index in [4.69, 9.17) is 9.26 Å². The average Bonchev–Trinajstić information content (AvgIpc) is 3.46. The van der Waals surface area contributed by atoms with Crippen molar-refractivity contribution in [3.05, 3.63) is 95.8 Å². The Morgan fingerprint density at radius 3 is 2.56 bits per heavy atom. The fraction of sp³-hybridized carbons (Fsp3) is 0.286. The van der Waals surface area contributed by atoms with E-state index in [1.807, 2.05) is 24.4 Å². The summed E-state index contributed by atoms with van der Waals surface area (Å²) in [5.41, 5.74) is 6.06. The van der Waals surface area contributed by atoms with Crippen LogP contribution in [-0.4, -0.2) is 29.3 Å². The first-order valence-corrected chi connectivity index (χ1v) is 11.8. The summed E-state index contributed by atoms with van der Waals surface area (Å²) in [7, 11) is 0. The number of hydrogen-bond acceptors (Lipinski definition) is 6. The quantitative estimate of drug-likeness (QED) is 0.262. The van der Waals surface area contributed by atoms with Crippen molar-refractivity contribution in [1.82, 2.24) is 20.8 Å². The second-order valence-corrected chi connectivity index (χ2v) is 9.06. The van der Waals surface area contributed by atoms with Gasteiger partial charge in [-0.3, -0.25) is 10.3 Å². The van der Waals surface area contributed by atoms with Gasteiger partial charge in [-0.15, -0.1) is 0 Å². The van der Waals surface area contributed by atoms with Crippen molar-refractivity contribution in [3.63, 3.8) is 0 Å². The molecule has 0 saturated carbocycles. The van der Waals surface area contributed by atoms with Crippen LogP contribution in [-0.2, 0) is 23.4 Å². The molecule has 0 amide bonds. The first-order valence-electron chi connectivity index (χ1n) is 11.8. The molecule has 1 fully saturated rings.